The summed E-state index contributed by atoms with van der Waals surface area (Å²) in [5.74, 6) is 1.60. The van der Waals surface area contributed by atoms with Crippen molar-refractivity contribution in [2.75, 3.05) is 11.2 Å². The van der Waals surface area contributed by atoms with Gasteiger partial charge in [0.1, 0.15) is 17.6 Å². The first-order chi connectivity index (χ1) is 11.3. The molecule has 6 nitrogen and oxygen atoms in total. The molecular formula is C16H18ClN5O. The average Bonchev–Trinajstić information content (AvgIpc) is 2.97. The smallest absolute Gasteiger partial charge is 0.165 e. The lowest BCUT2D eigenvalue weighted by Gasteiger charge is -2.07. The monoisotopic (exact) mass is 331 g/mol. The fourth-order valence-corrected chi connectivity index (χ4v) is 2.59. The number of unbranched alkanes of at least 4 members (excludes halogenated alkanes) is 1. The zero-order valence-electron chi connectivity index (χ0n) is 12.6. The standard InChI is InChI=1S/C16H18ClN5O/c17-6-1-2-7-22-11-21-14-15(19-10-20-16(14)22)18-9-12-4-3-5-13(23)8-12/h3-5,8,10-11,23H,1-2,6-7,9H2,(H,18,19,20). The number of alkyl halides is 1. The van der Waals surface area contributed by atoms with E-state index in [9.17, 15) is 5.11 Å². The van der Waals surface area contributed by atoms with Gasteiger partial charge in [0.05, 0.1) is 6.33 Å². The van der Waals surface area contributed by atoms with Crippen LogP contribution in [0.15, 0.2) is 36.9 Å². The molecule has 3 rings (SSSR count). The Labute approximate surface area is 139 Å². The molecule has 0 aliphatic carbocycles. The first-order valence-electron chi connectivity index (χ1n) is 7.51. The van der Waals surface area contributed by atoms with E-state index >= 15 is 0 Å². The third-order valence-electron chi connectivity index (χ3n) is 3.55. The summed E-state index contributed by atoms with van der Waals surface area (Å²) >= 11 is 5.72. The molecule has 0 atom stereocenters. The van der Waals surface area contributed by atoms with E-state index in [1.54, 1.807) is 18.5 Å². The third kappa shape index (κ3) is 3.71. The first kappa shape index (κ1) is 15.6. The Balaban J connectivity index is 1.76. The maximum Gasteiger partial charge on any atom is 0.165 e. The van der Waals surface area contributed by atoms with Crippen LogP contribution in [0.4, 0.5) is 5.82 Å². The van der Waals surface area contributed by atoms with Crippen LogP contribution < -0.4 is 5.32 Å². The Morgan fingerprint density at radius 3 is 2.91 bits per heavy atom. The third-order valence-corrected chi connectivity index (χ3v) is 3.82. The molecule has 0 amide bonds. The van der Waals surface area contributed by atoms with E-state index in [1.807, 2.05) is 16.7 Å². The van der Waals surface area contributed by atoms with E-state index in [4.69, 9.17) is 11.6 Å². The normalized spacial score (nSPS) is 11.0. The van der Waals surface area contributed by atoms with Crippen LogP contribution in [0.5, 0.6) is 5.75 Å². The number of hydrogen-bond acceptors (Lipinski definition) is 5. The van der Waals surface area contributed by atoms with E-state index in [0.29, 0.717) is 18.2 Å². The molecule has 2 aromatic heterocycles. The van der Waals surface area contributed by atoms with Crippen molar-refractivity contribution in [3.8, 4) is 5.75 Å². The molecule has 2 heterocycles. The van der Waals surface area contributed by atoms with E-state index < -0.39 is 0 Å². The molecule has 23 heavy (non-hydrogen) atoms. The van der Waals surface area contributed by atoms with Gasteiger partial charge in [0.15, 0.2) is 11.5 Å². The second-order valence-electron chi connectivity index (χ2n) is 5.25. The van der Waals surface area contributed by atoms with Crippen LogP contribution in [0.2, 0.25) is 0 Å². The van der Waals surface area contributed by atoms with Crippen LogP contribution in [0.3, 0.4) is 0 Å². The minimum Gasteiger partial charge on any atom is -0.508 e. The van der Waals surface area contributed by atoms with Crippen molar-refractivity contribution in [1.82, 2.24) is 19.5 Å². The molecule has 7 heteroatoms. The topological polar surface area (TPSA) is 75.9 Å². The fourth-order valence-electron chi connectivity index (χ4n) is 2.40. The predicted molar refractivity (Wildman–Crippen MR) is 90.7 cm³/mol. The van der Waals surface area contributed by atoms with Crippen molar-refractivity contribution in [3.05, 3.63) is 42.5 Å². The van der Waals surface area contributed by atoms with Crippen LogP contribution in [0, 0.1) is 0 Å². The van der Waals surface area contributed by atoms with E-state index in [1.165, 1.54) is 6.33 Å². The van der Waals surface area contributed by atoms with Crippen molar-refractivity contribution in [1.29, 1.82) is 0 Å². The molecule has 0 aliphatic rings. The molecular weight excluding hydrogens is 314 g/mol. The van der Waals surface area contributed by atoms with Gasteiger partial charge in [-0.25, -0.2) is 15.0 Å². The second-order valence-corrected chi connectivity index (χ2v) is 5.63. The largest absolute Gasteiger partial charge is 0.508 e. The molecule has 0 aliphatic heterocycles. The maximum absolute atomic E-state index is 9.51. The fraction of sp³-hybridized carbons (Fsp3) is 0.312. The summed E-state index contributed by atoms with van der Waals surface area (Å²) in [5.41, 5.74) is 2.53. The highest BCUT2D eigenvalue weighted by Gasteiger charge is 2.09. The molecule has 0 bridgehead atoms. The van der Waals surface area contributed by atoms with Crippen molar-refractivity contribution in [3.63, 3.8) is 0 Å². The highest BCUT2D eigenvalue weighted by Crippen LogP contribution is 2.19. The Kier molecular flexibility index (Phi) is 4.92. The van der Waals surface area contributed by atoms with Crippen LogP contribution in [-0.4, -0.2) is 30.5 Å². The zero-order chi connectivity index (χ0) is 16.1. The number of rotatable bonds is 7. The molecule has 3 aromatic rings. The number of anilines is 1. The Morgan fingerprint density at radius 1 is 1.17 bits per heavy atom. The van der Waals surface area contributed by atoms with Gasteiger partial charge in [0.25, 0.3) is 0 Å². The van der Waals surface area contributed by atoms with Gasteiger partial charge < -0.3 is 15.0 Å². The van der Waals surface area contributed by atoms with Crippen LogP contribution >= 0.6 is 11.6 Å². The molecule has 0 saturated heterocycles. The predicted octanol–water partition coefficient (Wildman–Crippen LogP) is 3.16. The lowest BCUT2D eigenvalue weighted by Crippen LogP contribution is -2.03. The number of phenolic OH excluding ortho intramolecular Hbond substituents is 1. The summed E-state index contributed by atoms with van der Waals surface area (Å²) in [6, 6.07) is 7.12. The summed E-state index contributed by atoms with van der Waals surface area (Å²) in [7, 11) is 0. The number of phenols is 1. The van der Waals surface area contributed by atoms with Gasteiger partial charge in [-0.3, -0.25) is 0 Å². The highest BCUT2D eigenvalue weighted by molar-refractivity contribution is 6.17. The molecule has 0 radical (unpaired) electrons. The Bertz CT molecular complexity index is 789. The number of fused-ring (bicyclic) bond motifs is 1. The minimum absolute atomic E-state index is 0.251. The summed E-state index contributed by atoms with van der Waals surface area (Å²) < 4.78 is 2.02. The first-order valence-corrected chi connectivity index (χ1v) is 8.05. The highest BCUT2D eigenvalue weighted by atomic mass is 35.5. The van der Waals surface area contributed by atoms with Gasteiger partial charge in [-0.1, -0.05) is 12.1 Å². The maximum atomic E-state index is 9.51. The number of hydrogen-bond donors (Lipinski definition) is 2. The summed E-state index contributed by atoms with van der Waals surface area (Å²) in [6.07, 6.45) is 5.28. The molecule has 1 aromatic carbocycles. The number of benzene rings is 1. The van der Waals surface area contributed by atoms with Gasteiger partial charge in [0, 0.05) is 19.0 Å². The van der Waals surface area contributed by atoms with Gasteiger partial charge in [-0.15, -0.1) is 11.6 Å². The lowest BCUT2D eigenvalue weighted by atomic mass is 10.2. The quantitative estimate of drug-likeness (QED) is 0.513. The summed E-state index contributed by atoms with van der Waals surface area (Å²) in [4.78, 5) is 13.0. The van der Waals surface area contributed by atoms with Crippen LogP contribution in [0.1, 0.15) is 18.4 Å². The number of halogens is 1. The van der Waals surface area contributed by atoms with Gasteiger partial charge in [0.2, 0.25) is 0 Å². The van der Waals surface area contributed by atoms with Gasteiger partial charge in [-0.2, -0.15) is 0 Å². The van der Waals surface area contributed by atoms with Crippen molar-refractivity contribution < 1.29 is 5.11 Å². The number of aryl methyl sites for hydroxylation is 1. The lowest BCUT2D eigenvalue weighted by molar-refractivity contribution is 0.474. The summed E-state index contributed by atoms with van der Waals surface area (Å²) in [5, 5.41) is 12.8. The Hall–Kier alpha value is -2.34. The number of aromatic nitrogens is 4. The molecule has 120 valence electrons. The number of nitrogens with zero attached hydrogens (tertiary/aromatic N) is 4. The van der Waals surface area contributed by atoms with E-state index in [0.717, 1.165) is 36.1 Å². The van der Waals surface area contributed by atoms with Gasteiger partial charge >= 0.3 is 0 Å². The Morgan fingerprint density at radius 2 is 2.09 bits per heavy atom. The molecule has 0 saturated carbocycles. The van der Waals surface area contributed by atoms with Crippen LogP contribution in [0.25, 0.3) is 11.2 Å². The SMILES string of the molecule is Oc1cccc(CNc2ncnc3c2ncn3CCCCCl)c1. The minimum atomic E-state index is 0.251. The zero-order valence-corrected chi connectivity index (χ0v) is 13.4. The molecule has 0 fully saturated rings. The molecule has 0 unspecified atom stereocenters. The van der Waals surface area contributed by atoms with Crippen molar-refractivity contribution in [2.45, 2.75) is 25.9 Å². The van der Waals surface area contributed by atoms with Gasteiger partial charge in [-0.05, 0) is 30.5 Å². The van der Waals surface area contributed by atoms with Crippen molar-refractivity contribution >= 4 is 28.6 Å². The average molecular weight is 332 g/mol. The number of nitrogens with one attached hydrogen (secondary N) is 1. The van der Waals surface area contributed by atoms with Crippen molar-refractivity contribution in [2.24, 2.45) is 0 Å². The second kappa shape index (κ2) is 7.28. The molecule has 2 N–H and O–H groups in total. The number of imidazole rings is 1. The van der Waals surface area contributed by atoms with Crippen LogP contribution in [-0.2, 0) is 13.1 Å². The number of aromatic hydroxyl groups is 1. The summed E-state index contributed by atoms with van der Waals surface area (Å²) in [6.45, 7) is 1.39. The molecule has 0 spiro atoms. The van der Waals surface area contributed by atoms with E-state index in [2.05, 4.69) is 20.3 Å². The van der Waals surface area contributed by atoms with E-state index in [-0.39, 0.29) is 5.75 Å².